The highest BCUT2D eigenvalue weighted by molar-refractivity contribution is 7.89. The van der Waals surface area contributed by atoms with Gasteiger partial charge in [0.25, 0.3) is 0 Å². The second-order valence-corrected chi connectivity index (χ2v) is 6.55. The van der Waals surface area contributed by atoms with Crippen LogP contribution in [-0.2, 0) is 14.8 Å². The summed E-state index contributed by atoms with van der Waals surface area (Å²) in [6.07, 6.45) is 2.75. The number of benzene rings is 1. The molecular weight excluding hydrogens is 264 g/mol. The van der Waals surface area contributed by atoms with Crippen molar-refractivity contribution in [3.63, 3.8) is 0 Å². The third-order valence-electron chi connectivity index (χ3n) is 3.51. The Hall–Kier alpha value is -1.40. The molecule has 0 spiro atoms. The third kappa shape index (κ3) is 3.13. The number of nitrogens with zero attached hydrogens (tertiary/aromatic N) is 1. The van der Waals surface area contributed by atoms with E-state index in [-0.39, 0.29) is 10.8 Å². The molecule has 1 aromatic carbocycles. The molecule has 1 fully saturated rings. The van der Waals surface area contributed by atoms with E-state index in [1.165, 1.54) is 7.05 Å². The van der Waals surface area contributed by atoms with E-state index in [0.29, 0.717) is 0 Å². The van der Waals surface area contributed by atoms with Crippen LogP contribution in [0.3, 0.4) is 0 Å². The molecule has 0 radical (unpaired) electrons. The SMILES string of the molecule is CNS(=O)(=O)c1ccc(N2CCC(C=O)CC2)cc1. The minimum atomic E-state index is -3.37. The summed E-state index contributed by atoms with van der Waals surface area (Å²) in [6, 6.07) is 6.83. The van der Waals surface area contributed by atoms with Gasteiger partial charge in [-0.05, 0) is 44.2 Å². The van der Waals surface area contributed by atoms with Gasteiger partial charge in [0.05, 0.1) is 4.90 Å². The zero-order valence-electron chi connectivity index (χ0n) is 10.9. The molecule has 0 atom stereocenters. The molecule has 6 heteroatoms. The highest BCUT2D eigenvalue weighted by atomic mass is 32.2. The van der Waals surface area contributed by atoms with E-state index in [0.717, 1.165) is 37.9 Å². The fourth-order valence-electron chi connectivity index (χ4n) is 2.25. The Labute approximate surface area is 113 Å². The predicted octanol–water partition coefficient (Wildman–Crippen LogP) is 1.01. The summed E-state index contributed by atoms with van der Waals surface area (Å²) in [5.74, 6) is 0.167. The molecule has 1 heterocycles. The Morgan fingerprint density at radius 1 is 1.21 bits per heavy atom. The number of hydrogen-bond acceptors (Lipinski definition) is 4. The van der Waals surface area contributed by atoms with Crippen LogP contribution in [-0.4, -0.2) is 34.8 Å². The molecular formula is C13H18N2O3S. The molecule has 19 heavy (non-hydrogen) atoms. The number of piperidine rings is 1. The molecule has 0 aromatic heterocycles. The van der Waals surface area contributed by atoms with Gasteiger partial charge in [-0.3, -0.25) is 0 Å². The largest absolute Gasteiger partial charge is 0.371 e. The van der Waals surface area contributed by atoms with Crippen molar-refractivity contribution in [3.05, 3.63) is 24.3 Å². The van der Waals surface area contributed by atoms with E-state index < -0.39 is 10.0 Å². The molecule has 0 aliphatic carbocycles. The summed E-state index contributed by atoms with van der Waals surface area (Å²) in [5.41, 5.74) is 0.999. The van der Waals surface area contributed by atoms with Crippen molar-refractivity contribution in [3.8, 4) is 0 Å². The van der Waals surface area contributed by atoms with Gasteiger partial charge in [-0.15, -0.1) is 0 Å². The maximum absolute atomic E-state index is 11.6. The molecule has 1 N–H and O–H groups in total. The Morgan fingerprint density at radius 3 is 2.26 bits per heavy atom. The lowest BCUT2D eigenvalue weighted by molar-refractivity contribution is -0.111. The second-order valence-electron chi connectivity index (χ2n) is 4.66. The molecule has 0 saturated carbocycles. The average molecular weight is 282 g/mol. The van der Waals surface area contributed by atoms with Gasteiger partial charge in [-0.1, -0.05) is 0 Å². The molecule has 104 valence electrons. The van der Waals surface area contributed by atoms with Crippen molar-refractivity contribution in [2.45, 2.75) is 17.7 Å². The highest BCUT2D eigenvalue weighted by Gasteiger charge is 2.19. The van der Waals surface area contributed by atoms with Gasteiger partial charge >= 0.3 is 0 Å². The molecule has 1 aliphatic heterocycles. The number of carbonyl (C=O) groups is 1. The molecule has 1 saturated heterocycles. The van der Waals surface area contributed by atoms with Crippen LogP contribution in [0.5, 0.6) is 0 Å². The van der Waals surface area contributed by atoms with Crippen molar-refractivity contribution in [2.75, 3.05) is 25.0 Å². The topological polar surface area (TPSA) is 66.5 Å². The van der Waals surface area contributed by atoms with Crippen LogP contribution >= 0.6 is 0 Å². The zero-order chi connectivity index (χ0) is 13.9. The number of carbonyl (C=O) groups excluding carboxylic acids is 1. The minimum Gasteiger partial charge on any atom is -0.371 e. The van der Waals surface area contributed by atoms with Crippen LogP contribution in [0.1, 0.15) is 12.8 Å². The minimum absolute atomic E-state index is 0.167. The molecule has 0 amide bonds. The molecule has 0 bridgehead atoms. The van der Waals surface area contributed by atoms with Crippen molar-refractivity contribution in [1.82, 2.24) is 4.72 Å². The first-order valence-corrected chi connectivity index (χ1v) is 7.79. The monoisotopic (exact) mass is 282 g/mol. The van der Waals surface area contributed by atoms with E-state index in [9.17, 15) is 13.2 Å². The zero-order valence-corrected chi connectivity index (χ0v) is 11.7. The fourth-order valence-corrected chi connectivity index (χ4v) is 2.98. The lowest BCUT2D eigenvalue weighted by Crippen LogP contribution is -2.34. The first kappa shape index (κ1) is 14.0. The maximum Gasteiger partial charge on any atom is 0.240 e. The van der Waals surface area contributed by atoms with Gasteiger partial charge in [0.1, 0.15) is 6.29 Å². The van der Waals surface area contributed by atoms with E-state index in [1.54, 1.807) is 12.1 Å². The Kier molecular flexibility index (Phi) is 4.21. The van der Waals surface area contributed by atoms with E-state index >= 15 is 0 Å². The molecule has 1 aromatic rings. The standard InChI is InChI=1S/C13H18N2O3S/c1-14-19(17,18)13-4-2-12(3-5-13)15-8-6-11(10-16)7-9-15/h2-5,10-11,14H,6-9H2,1H3. The summed E-state index contributed by atoms with van der Waals surface area (Å²) in [5, 5.41) is 0. The van der Waals surface area contributed by atoms with Crippen LogP contribution in [0, 0.1) is 5.92 Å². The van der Waals surface area contributed by atoms with E-state index in [1.807, 2.05) is 12.1 Å². The van der Waals surface area contributed by atoms with E-state index in [2.05, 4.69) is 9.62 Å². The normalized spacial score (nSPS) is 17.4. The number of rotatable bonds is 4. The highest BCUT2D eigenvalue weighted by Crippen LogP contribution is 2.23. The number of sulfonamides is 1. The second kappa shape index (κ2) is 5.71. The maximum atomic E-state index is 11.6. The van der Waals surface area contributed by atoms with Crippen molar-refractivity contribution >= 4 is 22.0 Å². The Bertz CT molecular complexity index is 532. The number of nitrogens with one attached hydrogen (secondary N) is 1. The van der Waals surface area contributed by atoms with Gasteiger partial charge in [-0.25, -0.2) is 13.1 Å². The van der Waals surface area contributed by atoms with Gasteiger partial charge in [0.15, 0.2) is 0 Å². The number of anilines is 1. The summed E-state index contributed by atoms with van der Waals surface area (Å²) >= 11 is 0. The molecule has 5 nitrogen and oxygen atoms in total. The quantitative estimate of drug-likeness (QED) is 0.837. The van der Waals surface area contributed by atoms with Crippen LogP contribution in [0.25, 0.3) is 0 Å². The number of aldehydes is 1. The lowest BCUT2D eigenvalue weighted by Gasteiger charge is -2.31. The van der Waals surface area contributed by atoms with Crippen LogP contribution in [0.4, 0.5) is 5.69 Å². The van der Waals surface area contributed by atoms with E-state index in [4.69, 9.17) is 0 Å². The van der Waals surface area contributed by atoms with Gasteiger partial charge in [-0.2, -0.15) is 0 Å². The van der Waals surface area contributed by atoms with Crippen molar-refractivity contribution in [1.29, 1.82) is 0 Å². The molecule has 1 aliphatic rings. The summed E-state index contributed by atoms with van der Waals surface area (Å²) in [6.45, 7) is 1.67. The van der Waals surface area contributed by atoms with Gasteiger partial charge in [0.2, 0.25) is 10.0 Å². The average Bonchev–Trinajstić information content (AvgIpc) is 2.47. The summed E-state index contributed by atoms with van der Waals surface area (Å²) in [7, 11) is -1.98. The fraction of sp³-hybridized carbons (Fsp3) is 0.462. The predicted molar refractivity (Wildman–Crippen MR) is 73.7 cm³/mol. The van der Waals surface area contributed by atoms with Crippen LogP contribution in [0.15, 0.2) is 29.2 Å². The smallest absolute Gasteiger partial charge is 0.240 e. The van der Waals surface area contributed by atoms with Gasteiger partial charge < -0.3 is 9.69 Å². The van der Waals surface area contributed by atoms with Crippen LogP contribution < -0.4 is 9.62 Å². The first-order valence-electron chi connectivity index (χ1n) is 6.30. The third-order valence-corrected chi connectivity index (χ3v) is 4.94. The number of hydrogen-bond donors (Lipinski definition) is 1. The first-order chi connectivity index (χ1) is 9.06. The summed E-state index contributed by atoms with van der Waals surface area (Å²) in [4.78, 5) is 13.1. The molecule has 2 rings (SSSR count). The van der Waals surface area contributed by atoms with Gasteiger partial charge in [0, 0.05) is 24.7 Å². The Balaban J connectivity index is 2.09. The lowest BCUT2D eigenvalue weighted by atomic mass is 9.98. The molecule has 0 unspecified atom stereocenters. The Morgan fingerprint density at radius 2 is 1.79 bits per heavy atom. The van der Waals surface area contributed by atoms with Crippen molar-refractivity contribution < 1.29 is 13.2 Å². The van der Waals surface area contributed by atoms with Crippen molar-refractivity contribution in [2.24, 2.45) is 5.92 Å². The van der Waals surface area contributed by atoms with Crippen LogP contribution in [0.2, 0.25) is 0 Å². The summed E-state index contributed by atoms with van der Waals surface area (Å²) < 4.78 is 25.5.